The first-order valence-corrected chi connectivity index (χ1v) is 6.33. The highest BCUT2D eigenvalue weighted by Gasteiger charge is 2.27. The second kappa shape index (κ2) is 5.61. The summed E-state index contributed by atoms with van der Waals surface area (Å²) in [7, 11) is 0. The van der Waals surface area contributed by atoms with Crippen molar-refractivity contribution in [1.29, 1.82) is 0 Å². The van der Waals surface area contributed by atoms with Gasteiger partial charge in [0.05, 0.1) is 0 Å². The molecule has 0 bridgehead atoms. The third-order valence-corrected chi connectivity index (χ3v) is 4.14. The molecule has 0 spiro atoms. The molecule has 0 aromatic rings. The molecule has 1 saturated heterocycles. The topological polar surface area (TPSA) is 46.3 Å². The van der Waals surface area contributed by atoms with Crippen LogP contribution in [0.2, 0.25) is 0 Å². The molecule has 1 heterocycles. The minimum atomic E-state index is 0.273. The molecule has 4 heteroatoms. The average Bonchev–Trinajstić information content (AvgIpc) is 2.18. The Kier molecular flexibility index (Phi) is 4.75. The van der Waals surface area contributed by atoms with E-state index >= 15 is 0 Å². The Hall–Kier alpha value is -0.220. The summed E-state index contributed by atoms with van der Waals surface area (Å²) in [6.45, 7) is 5.84. The van der Waals surface area contributed by atoms with Crippen molar-refractivity contribution in [2.75, 3.05) is 18.8 Å². The Labute approximate surface area is 90.4 Å². The quantitative estimate of drug-likeness (QED) is 0.768. The Morgan fingerprint density at radius 1 is 1.57 bits per heavy atom. The largest absolute Gasteiger partial charge is 0.338 e. The minimum Gasteiger partial charge on any atom is -0.338 e. The number of carbonyl (C=O) groups is 1. The first-order chi connectivity index (χ1) is 6.66. The van der Waals surface area contributed by atoms with Gasteiger partial charge in [-0.15, -0.1) is 0 Å². The lowest BCUT2D eigenvalue weighted by molar-refractivity contribution is -0.133. The number of carbonyl (C=O) groups excluding carboxylic acids is 1. The van der Waals surface area contributed by atoms with Gasteiger partial charge in [-0.05, 0) is 19.9 Å². The van der Waals surface area contributed by atoms with Gasteiger partial charge in [0.25, 0.3) is 0 Å². The van der Waals surface area contributed by atoms with Crippen molar-refractivity contribution in [1.82, 2.24) is 4.90 Å². The van der Waals surface area contributed by atoms with Crippen LogP contribution in [0, 0.1) is 0 Å². The second-order valence-electron chi connectivity index (χ2n) is 3.80. The Bertz CT molecular complexity index is 199. The van der Waals surface area contributed by atoms with Crippen LogP contribution in [0.4, 0.5) is 0 Å². The van der Waals surface area contributed by atoms with Crippen molar-refractivity contribution in [3.8, 4) is 0 Å². The molecule has 1 amide bonds. The molecule has 1 rings (SSSR count). The molecule has 0 aromatic heterocycles. The molecular formula is C10H20N2OS. The number of nitrogens with two attached hydrogens (primary N) is 1. The average molecular weight is 216 g/mol. The predicted octanol–water partition coefficient (Wildman–Crippen LogP) is 1.08. The van der Waals surface area contributed by atoms with Crippen molar-refractivity contribution in [2.45, 2.75) is 38.0 Å². The Morgan fingerprint density at radius 3 is 2.93 bits per heavy atom. The molecule has 2 N–H and O–H groups in total. The normalized spacial score (nSPS) is 27.8. The number of hydrogen-bond acceptors (Lipinski definition) is 3. The molecular weight excluding hydrogens is 196 g/mol. The van der Waals surface area contributed by atoms with Gasteiger partial charge in [-0.1, -0.05) is 6.92 Å². The van der Waals surface area contributed by atoms with Crippen molar-refractivity contribution < 1.29 is 4.79 Å². The maximum absolute atomic E-state index is 11.8. The number of hydrogen-bond donors (Lipinski definition) is 1. The van der Waals surface area contributed by atoms with Gasteiger partial charge in [0, 0.05) is 30.0 Å². The molecule has 1 aliphatic heterocycles. The smallest absolute Gasteiger partial charge is 0.222 e. The van der Waals surface area contributed by atoms with E-state index < -0.39 is 0 Å². The van der Waals surface area contributed by atoms with Crippen LogP contribution < -0.4 is 5.73 Å². The van der Waals surface area contributed by atoms with E-state index in [4.69, 9.17) is 5.73 Å². The second-order valence-corrected chi connectivity index (χ2v) is 5.28. The number of thioether (sulfide) groups is 1. The molecule has 0 aromatic carbocycles. The monoisotopic (exact) mass is 216 g/mol. The summed E-state index contributed by atoms with van der Waals surface area (Å²) in [4.78, 5) is 13.8. The molecule has 1 fully saturated rings. The van der Waals surface area contributed by atoms with Crippen LogP contribution in [0.1, 0.15) is 26.7 Å². The van der Waals surface area contributed by atoms with E-state index in [0.29, 0.717) is 24.3 Å². The molecule has 0 unspecified atom stereocenters. The van der Waals surface area contributed by atoms with Gasteiger partial charge in [-0.2, -0.15) is 11.8 Å². The first-order valence-electron chi connectivity index (χ1n) is 5.28. The van der Waals surface area contributed by atoms with E-state index in [1.165, 1.54) is 0 Å². The van der Waals surface area contributed by atoms with Crippen LogP contribution in [-0.4, -0.2) is 40.9 Å². The van der Waals surface area contributed by atoms with Crippen LogP contribution in [0.15, 0.2) is 0 Å². The van der Waals surface area contributed by atoms with Gasteiger partial charge in [-0.3, -0.25) is 4.79 Å². The number of nitrogens with zero attached hydrogens (tertiary/aromatic N) is 1. The molecule has 2 atom stereocenters. The maximum Gasteiger partial charge on any atom is 0.222 e. The molecule has 3 nitrogen and oxygen atoms in total. The molecule has 0 saturated carbocycles. The first kappa shape index (κ1) is 11.9. The molecule has 82 valence electrons. The molecule has 14 heavy (non-hydrogen) atoms. The SMILES string of the molecule is C[C@@H]1[C@@H](C)SCCN1C(=O)CCCN. The van der Waals surface area contributed by atoms with Crippen molar-refractivity contribution in [3.63, 3.8) is 0 Å². The highest BCUT2D eigenvalue weighted by atomic mass is 32.2. The van der Waals surface area contributed by atoms with Crippen molar-refractivity contribution in [3.05, 3.63) is 0 Å². The van der Waals surface area contributed by atoms with Crippen LogP contribution >= 0.6 is 11.8 Å². The Morgan fingerprint density at radius 2 is 2.29 bits per heavy atom. The standard InChI is InChI=1S/C10H20N2OS/c1-8-9(2)14-7-6-12(8)10(13)4-3-5-11/h8-9H,3-7,11H2,1-2H3/t8-,9-/m1/s1. The summed E-state index contributed by atoms with van der Waals surface area (Å²) in [5.74, 6) is 1.34. The third-order valence-electron chi connectivity index (χ3n) is 2.80. The van der Waals surface area contributed by atoms with E-state index in [-0.39, 0.29) is 5.91 Å². The van der Waals surface area contributed by atoms with E-state index in [2.05, 4.69) is 13.8 Å². The number of amides is 1. The lowest BCUT2D eigenvalue weighted by Crippen LogP contribution is -2.47. The lowest BCUT2D eigenvalue weighted by atomic mass is 10.1. The van der Waals surface area contributed by atoms with Gasteiger partial charge >= 0.3 is 0 Å². The molecule has 0 aliphatic carbocycles. The summed E-state index contributed by atoms with van der Waals surface area (Å²) >= 11 is 1.95. The van der Waals surface area contributed by atoms with Gasteiger partial charge in [0.15, 0.2) is 0 Å². The lowest BCUT2D eigenvalue weighted by Gasteiger charge is -2.37. The summed E-state index contributed by atoms with van der Waals surface area (Å²) in [6.07, 6.45) is 1.42. The molecule has 1 aliphatic rings. The van der Waals surface area contributed by atoms with Gasteiger partial charge in [0.1, 0.15) is 0 Å². The number of rotatable bonds is 3. The molecule has 0 radical (unpaired) electrons. The summed E-state index contributed by atoms with van der Waals surface area (Å²) in [5.41, 5.74) is 5.39. The van der Waals surface area contributed by atoms with Crippen molar-refractivity contribution in [2.24, 2.45) is 5.73 Å². The summed E-state index contributed by atoms with van der Waals surface area (Å²) in [6, 6.07) is 0.374. The zero-order chi connectivity index (χ0) is 10.6. The van der Waals surface area contributed by atoms with E-state index in [1.807, 2.05) is 16.7 Å². The van der Waals surface area contributed by atoms with Crippen LogP contribution in [0.25, 0.3) is 0 Å². The van der Waals surface area contributed by atoms with Gasteiger partial charge in [0.2, 0.25) is 5.91 Å². The van der Waals surface area contributed by atoms with E-state index in [0.717, 1.165) is 18.7 Å². The zero-order valence-electron chi connectivity index (χ0n) is 9.03. The zero-order valence-corrected chi connectivity index (χ0v) is 9.85. The van der Waals surface area contributed by atoms with Crippen LogP contribution in [-0.2, 0) is 4.79 Å². The predicted molar refractivity (Wildman–Crippen MR) is 61.4 cm³/mol. The summed E-state index contributed by atoms with van der Waals surface area (Å²) in [5, 5.41) is 0.561. The van der Waals surface area contributed by atoms with E-state index in [1.54, 1.807) is 0 Å². The third kappa shape index (κ3) is 2.89. The highest BCUT2D eigenvalue weighted by Crippen LogP contribution is 2.24. The van der Waals surface area contributed by atoms with E-state index in [9.17, 15) is 4.79 Å². The van der Waals surface area contributed by atoms with Gasteiger partial charge in [-0.25, -0.2) is 0 Å². The fourth-order valence-electron chi connectivity index (χ4n) is 1.68. The highest BCUT2D eigenvalue weighted by molar-refractivity contribution is 8.00. The fraction of sp³-hybridized carbons (Fsp3) is 0.900. The Balaban J connectivity index is 2.44. The van der Waals surface area contributed by atoms with Gasteiger partial charge < -0.3 is 10.6 Å². The fourth-order valence-corrected chi connectivity index (χ4v) is 2.78. The van der Waals surface area contributed by atoms with Crippen LogP contribution in [0.3, 0.4) is 0 Å². The maximum atomic E-state index is 11.8. The summed E-state index contributed by atoms with van der Waals surface area (Å²) < 4.78 is 0. The van der Waals surface area contributed by atoms with Crippen LogP contribution in [0.5, 0.6) is 0 Å². The minimum absolute atomic E-state index is 0.273. The van der Waals surface area contributed by atoms with Crippen molar-refractivity contribution >= 4 is 17.7 Å².